The van der Waals surface area contributed by atoms with Gasteiger partial charge in [-0.05, 0) is 52.6 Å². The Morgan fingerprint density at radius 3 is 1.52 bits per heavy atom. The zero-order valence-corrected chi connectivity index (χ0v) is 32.3. The molecule has 280 valence electrons. The molecule has 3 aromatic heterocycles. The maximum absolute atomic E-state index is 6.78. The Hall–Kier alpha value is -8.15. The highest BCUT2D eigenvalue weighted by Crippen LogP contribution is 2.43. The molecule has 3 heterocycles. The lowest BCUT2D eigenvalue weighted by molar-refractivity contribution is 0.672. The number of rotatable bonds is 6. The molecule has 0 saturated carbocycles. The summed E-state index contributed by atoms with van der Waals surface area (Å²) in [6, 6.07) is 72.1. The zero-order valence-electron chi connectivity index (χ0n) is 32.3. The Bertz CT molecular complexity index is 3530. The van der Waals surface area contributed by atoms with Crippen molar-refractivity contribution < 1.29 is 4.42 Å². The van der Waals surface area contributed by atoms with Crippen molar-refractivity contribution in [2.75, 3.05) is 0 Å². The zero-order chi connectivity index (χ0) is 39.6. The first-order valence-electron chi connectivity index (χ1n) is 20.2. The van der Waals surface area contributed by atoms with Crippen LogP contribution in [0.25, 0.3) is 117 Å². The Kier molecular flexibility index (Phi) is 7.78. The van der Waals surface area contributed by atoms with Crippen LogP contribution in [-0.4, -0.2) is 19.5 Å². The summed E-state index contributed by atoms with van der Waals surface area (Å²) in [5.74, 6) is 1.87. The molecule has 5 heteroatoms. The number of hydrogen-bond donors (Lipinski definition) is 0. The maximum atomic E-state index is 6.78. The second-order valence-corrected chi connectivity index (χ2v) is 15.2. The molecular formula is C55H34N4O. The summed E-state index contributed by atoms with van der Waals surface area (Å²) < 4.78 is 9.19. The van der Waals surface area contributed by atoms with E-state index in [0.29, 0.717) is 17.5 Å². The van der Waals surface area contributed by atoms with Crippen molar-refractivity contribution in [1.82, 2.24) is 19.5 Å². The van der Waals surface area contributed by atoms with Crippen LogP contribution in [0.15, 0.2) is 211 Å². The summed E-state index contributed by atoms with van der Waals surface area (Å²) in [5.41, 5.74) is 12.4. The van der Waals surface area contributed by atoms with Crippen molar-refractivity contribution >= 4 is 54.5 Å². The van der Waals surface area contributed by atoms with Gasteiger partial charge in [-0.25, -0.2) is 15.0 Å². The Balaban J connectivity index is 1.01. The van der Waals surface area contributed by atoms with Gasteiger partial charge in [0.25, 0.3) is 0 Å². The van der Waals surface area contributed by atoms with Crippen LogP contribution in [0.2, 0.25) is 0 Å². The molecule has 9 aromatic carbocycles. The highest BCUT2D eigenvalue weighted by molar-refractivity contribution is 6.22. The summed E-state index contributed by atoms with van der Waals surface area (Å²) in [7, 11) is 0. The normalized spacial score (nSPS) is 11.7. The van der Waals surface area contributed by atoms with Gasteiger partial charge in [-0.1, -0.05) is 176 Å². The molecule has 12 aromatic rings. The average molecular weight is 767 g/mol. The van der Waals surface area contributed by atoms with E-state index in [4.69, 9.17) is 19.4 Å². The first-order valence-corrected chi connectivity index (χ1v) is 20.2. The molecular weight excluding hydrogens is 733 g/mol. The number of furan rings is 1. The van der Waals surface area contributed by atoms with Crippen molar-refractivity contribution in [2.45, 2.75) is 0 Å². The molecule has 5 nitrogen and oxygen atoms in total. The van der Waals surface area contributed by atoms with Gasteiger partial charge in [0.05, 0.1) is 16.7 Å². The molecule has 0 unspecified atom stereocenters. The van der Waals surface area contributed by atoms with Crippen molar-refractivity contribution in [3.63, 3.8) is 0 Å². The number of hydrogen-bond acceptors (Lipinski definition) is 4. The van der Waals surface area contributed by atoms with E-state index >= 15 is 0 Å². The fourth-order valence-electron chi connectivity index (χ4n) is 8.85. The van der Waals surface area contributed by atoms with Gasteiger partial charge in [-0.2, -0.15) is 0 Å². The van der Waals surface area contributed by atoms with Crippen LogP contribution < -0.4 is 0 Å². The Morgan fingerprint density at radius 1 is 0.333 bits per heavy atom. The van der Waals surface area contributed by atoms with Crippen molar-refractivity contribution in [1.29, 1.82) is 0 Å². The minimum atomic E-state index is 0.616. The lowest BCUT2D eigenvalue weighted by Crippen LogP contribution is -2.00. The summed E-state index contributed by atoms with van der Waals surface area (Å²) in [6.07, 6.45) is 0. The SMILES string of the molecule is c1ccc(-c2cccc(-c3nc(-c4ccccc4)nc(-c4ccc(-c5cccc6oc7c8ccccc8c(-n8c9ccccc9c9ccccc98)cc7c56)cc4)n3)c2)cc1. The molecule has 12 rings (SSSR count). The van der Waals surface area contributed by atoms with Crippen molar-refractivity contribution in [3.8, 4) is 62.1 Å². The third-order valence-corrected chi connectivity index (χ3v) is 11.7. The van der Waals surface area contributed by atoms with Gasteiger partial charge in [0.2, 0.25) is 0 Å². The number of aromatic nitrogens is 4. The van der Waals surface area contributed by atoms with Crippen molar-refractivity contribution in [2.24, 2.45) is 0 Å². The van der Waals surface area contributed by atoms with Gasteiger partial charge >= 0.3 is 0 Å². The van der Waals surface area contributed by atoms with Crippen LogP contribution in [0.3, 0.4) is 0 Å². The molecule has 60 heavy (non-hydrogen) atoms. The van der Waals surface area contributed by atoms with E-state index in [1.807, 2.05) is 36.4 Å². The first kappa shape index (κ1) is 33.9. The van der Waals surface area contributed by atoms with E-state index in [2.05, 4.69) is 174 Å². The number of nitrogens with zero attached hydrogens (tertiary/aromatic N) is 4. The van der Waals surface area contributed by atoms with E-state index in [1.54, 1.807) is 0 Å². The summed E-state index contributed by atoms with van der Waals surface area (Å²) >= 11 is 0. The lowest BCUT2D eigenvalue weighted by Gasteiger charge is -2.13. The van der Waals surface area contributed by atoms with Crippen LogP contribution in [0.4, 0.5) is 0 Å². The smallest absolute Gasteiger partial charge is 0.164 e. The molecule has 0 radical (unpaired) electrons. The topological polar surface area (TPSA) is 56.7 Å². The van der Waals surface area contributed by atoms with Gasteiger partial charge in [-0.15, -0.1) is 0 Å². The fourth-order valence-corrected chi connectivity index (χ4v) is 8.85. The second kappa shape index (κ2) is 13.8. The summed E-state index contributed by atoms with van der Waals surface area (Å²) in [6.45, 7) is 0. The van der Waals surface area contributed by atoms with Crippen LogP contribution in [0, 0.1) is 0 Å². The highest BCUT2D eigenvalue weighted by atomic mass is 16.3. The molecule has 0 saturated heterocycles. The van der Waals surface area contributed by atoms with Crippen LogP contribution in [0.1, 0.15) is 0 Å². The monoisotopic (exact) mass is 766 g/mol. The number of fused-ring (bicyclic) bond motifs is 8. The molecule has 0 fully saturated rings. The predicted molar refractivity (Wildman–Crippen MR) is 246 cm³/mol. The standard InChI is InChI=1S/C55H34N4O/c1-3-15-35(16-4-1)39-19-13-20-40(33-39)55-57-53(37-17-5-2-6-18-37)56-54(58-55)38-31-29-36(30-32-38)41-25-14-28-50-51(41)46-34-49(44-23-7-8-24-45(44)52(46)60-50)59-47-26-11-9-21-42(47)43-22-10-12-27-48(43)59/h1-34H. The molecule has 0 atom stereocenters. The van der Waals surface area contributed by atoms with Gasteiger partial charge in [0.15, 0.2) is 17.5 Å². The third-order valence-electron chi connectivity index (χ3n) is 11.7. The highest BCUT2D eigenvalue weighted by Gasteiger charge is 2.21. The Labute approximate surface area is 345 Å². The molecule has 0 spiro atoms. The minimum Gasteiger partial charge on any atom is -0.455 e. The summed E-state index contributed by atoms with van der Waals surface area (Å²) in [4.78, 5) is 15.1. The second-order valence-electron chi connectivity index (χ2n) is 15.2. The van der Waals surface area contributed by atoms with Crippen LogP contribution in [0.5, 0.6) is 0 Å². The van der Waals surface area contributed by atoms with E-state index in [1.165, 1.54) is 21.8 Å². The van der Waals surface area contributed by atoms with E-state index in [9.17, 15) is 0 Å². The Morgan fingerprint density at radius 2 is 0.833 bits per heavy atom. The minimum absolute atomic E-state index is 0.616. The predicted octanol–water partition coefficient (Wildman–Crippen LogP) is 14.4. The van der Waals surface area contributed by atoms with Gasteiger partial charge in [0, 0.05) is 49.0 Å². The van der Waals surface area contributed by atoms with E-state index < -0.39 is 0 Å². The molecule has 0 N–H and O–H groups in total. The van der Waals surface area contributed by atoms with Gasteiger partial charge < -0.3 is 8.98 Å². The average Bonchev–Trinajstić information content (AvgIpc) is 3.88. The lowest BCUT2D eigenvalue weighted by atomic mass is 9.96. The van der Waals surface area contributed by atoms with Crippen molar-refractivity contribution in [3.05, 3.63) is 206 Å². The number of benzene rings is 9. The summed E-state index contributed by atoms with van der Waals surface area (Å²) in [5, 5.41) is 6.85. The molecule has 0 aliphatic carbocycles. The van der Waals surface area contributed by atoms with Crippen LogP contribution >= 0.6 is 0 Å². The van der Waals surface area contributed by atoms with E-state index in [-0.39, 0.29) is 0 Å². The van der Waals surface area contributed by atoms with Crippen LogP contribution in [-0.2, 0) is 0 Å². The van der Waals surface area contributed by atoms with E-state index in [0.717, 1.165) is 77.3 Å². The van der Waals surface area contributed by atoms with Gasteiger partial charge in [-0.3, -0.25) is 0 Å². The first-order chi connectivity index (χ1) is 29.7. The fraction of sp³-hybridized carbons (Fsp3) is 0. The third kappa shape index (κ3) is 5.52. The van der Waals surface area contributed by atoms with Gasteiger partial charge in [0.1, 0.15) is 11.2 Å². The molecule has 0 amide bonds. The molecule has 0 aliphatic heterocycles. The molecule has 0 aliphatic rings. The molecule has 0 bridgehead atoms. The number of para-hydroxylation sites is 2. The quantitative estimate of drug-likeness (QED) is 0.169. The maximum Gasteiger partial charge on any atom is 0.164 e. The largest absolute Gasteiger partial charge is 0.455 e.